The van der Waals surface area contributed by atoms with E-state index in [0.29, 0.717) is 0 Å². The van der Waals surface area contributed by atoms with E-state index in [1.807, 2.05) is 41.6 Å². The summed E-state index contributed by atoms with van der Waals surface area (Å²) in [5.41, 5.74) is 10.2. The van der Waals surface area contributed by atoms with Crippen LogP contribution in [0.15, 0.2) is 74.1 Å². The number of hydrogen-bond donors (Lipinski definition) is 1. The lowest BCUT2D eigenvalue weighted by Crippen LogP contribution is -2.13. The molecule has 0 saturated heterocycles. The van der Waals surface area contributed by atoms with Crippen LogP contribution in [0.25, 0.3) is 22.2 Å². The Kier molecular flexibility index (Phi) is 8.24. The van der Waals surface area contributed by atoms with E-state index in [9.17, 15) is 8.78 Å². The van der Waals surface area contributed by atoms with Crippen LogP contribution in [0.2, 0.25) is 0 Å². The number of aromatic nitrogens is 4. The van der Waals surface area contributed by atoms with Crippen molar-refractivity contribution in [1.82, 2.24) is 24.9 Å². The average molecular weight is 462 g/mol. The molecule has 0 unspecified atom stereocenters. The van der Waals surface area contributed by atoms with Crippen molar-refractivity contribution in [3.8, 4) is 11.1 Å². The fraction of sp³-hybridized carbons (Fsp3) is 0.222. The Morgan fingerprint density at radius 2 is 1.91 bits per heavy atom. The fourth-order valence-electron chi connectivity index (χ4n) is 3.64. The molecule has 1 N–H and O–H groups in total. The number of allylic oxidation sites excluding steroid dienone is 1. The largest absolute Gasteiger partial charge is 0.386 e. The third-order valence-electron chi connectivity index (χ3n) is 5.46. The monoisotopic (exact) mass is 461 g/mol. The van der Waals surface area contributed by atoms with E-state index in [4.69, 9.17) is 0 Å². The first-order valence-corrected chi connectivity index (χ1v) is 11.0. The molecule has 0 radical (unpaired) electrons. The average Bonchev–Trinajstić information content (AvgIpc) is 3.20. The minimum absolute atomic E-state index is 0.302. The fourth-order valence-corrected chi connectivity index (χ4v) is 3.64. The zero-order valence-corrected chi connectivity index (χ0v) is 19.9. The topological polar surface area (TPSA) is 55.1 Å². The predicted molar refractivity (Wildman–Crippen MR) is 134 cm³/mol. The quantitative estimate of drug-likeness (QED) is 0.374. The van der Waals surface area contributed by atoms with Crippen molar-refractivity contribution in [2.75, 3.05) is 6.54 Å². The summed E-state index contributed by atoms with van der Waals surface area (Å²) in [6.45, 7) is 11.2. The number of fused-ring (bicyclic) bond motifs is 1. The van der Waals surface area contributed by atoms with Crippen LogP contribution in [0, 0.1) is 20.8 Å². The first kappa shape index (κ1) is 24.8. The Balaban J connectivity index is 0.000000406. The molecule has 4 aromatic rings. The van der Waals surface area contributed by atoms with Gasteiger partial charge in [-0.3, -0.25) is 9.97 Å². The lowest BCUT2D eigenvalue weighted by Gasteiger charge is -2.14. The molecule has 0 atom stereocenters. The summed E-state index contributed by atoms with van der Waals surface area (Å²) in [6.07, 6.45) is 10.7. The number of pyridine rings is 3. The van der Waals surface area contributed by atoms with Gasteiger partial charge in [0.1, 0.15) is 0 Å². The van der Waals surface area contributed by atoms with Crippen molar-refractivity contribution in [3.63, 3.8) is 0 Å². The molecular formula is C27H29F2N5. The molecule has 0 aromatic carbocycles. The van der Waals surface area contributed by atoms with E-state index < -0.39 is 6.43 Å². The lowest BCUT2D eigenvalue weighted by molar-refractivity contribution is 0.151. The van der Waals surface area contributed by atoms with E-state index in [0.717, 1.165) is 27.9 Å². The molecule has 0 saturated carbocycles. The maximum Gasteiger partial charge on any atom is 0.255 e. The Labute approximate surface area is 198 Å². The molecule has 0 fully saturated rings. The normalized spacial score (nSPS) is 11.3. The van der Waals surface area contributed by atoms with Gasteiger partial charge in [-0.2, -0.15) is 5.10 Å². The van der Waals surface area contributed by atoms with Gasteiger partial charge in [0.25, 0.3) is 6.43 Å². The van der Waals surface area contributed by atoms with Gasteiger partial charge >= 0.3 is 0 Å². The van der Waals surface area contributed by atoms with Crippen LogP contribution in [0.4, 0.5) is 8.78 Å². The number of aryl methyl sites for hydroxylation is 3. The van der Waals surface area contributed by atoms with Crippen LogP contribution in [-0.2, 0) is 0 Å². The Hall–Kier alpha value is -3.87. The van der Waals surface area contributed by atoms with E-state index in [1.54, 1.807) is 0 Å². The molecule has 0 spiro atoms. The first-order valence-electron chi connectivity index (χ1n) is 11.0. The van der Waals surface area contributed by atoms with Gasteiger partial charge < -0.3 is 5.32 Å². The van der Waals surface area contributed by atoms with Gasteiger partial charge in [-0.05, 0) is 80.4 Å². The number of alkyl halides is 2. The highest BCUT2D eigenvalue weighted by molar-refractivity contribution is 5.84. The SMILES string of the molecule is C/C=C(/c1ccn2ncc(C)c2c1)c1cc(-c2cnccc2C)cnc1C.C=CNCC(F)F. The molecule has 0 bridgehead atoms. The molecule has 0 aliphatic rings. The van der Waals surface area contributed by atoms with Crippen molar-refractivity contribution in [2.24, 2.45) is 0 Å². The molecule has 176 valence electrons. The summed E-state index contributed by atoms with van der Waals surface area (Å²) in [4.78, 5) is 8.96. The van der Waals surface area contributed by atoms with Crippen molar-refractivity contribution in [2.45, 2.75) is 34.1 Å². The summed E-state index contributed by atoms with van der Waals surface area (Å²) in [7, 11) is 0. The highest BCUT2D eigenvalue weighted by atomic mass is 19.3. The summed E-state index contributed by atoms with van der Waals surface area (Å²) in [5, 5.41) is 6.64. The molecule has 4 aromatic heterocycles. The molecule has 34 heavy (non-hydrogen) atoms. The summed E-state index contributed by atoms with van der Waals surface area (Å²) < 4.78 is 24.1. The van der Waals surface area contributed by atoms with Gasteiger partial charge in [-0.25, -0.2) is 13.3 Å². The Morgan fingerprint density at radius 1 is 1.12 bits per heavy atom. The number of nitrogens with one attached hydrogen (secondary N) is 1. The van der Waals surface area contributed by atoms with Crippen LogP contribution in [0.3, 0.4) is 0 Å². The molecule has 0 aliphatic carbocycles. The van der Waals surface area contributed by atoms with Crippen LogP contribution < -0.4 is 5.32 Å². The van der Waals surface area contributed by atoms with Gasteiger partial charge in [0.05, 0.1) is 18.3 Å². The van der Waals surface area contributed by atoms with E-state index in [2.05, 4.69) is 78.9 Å². The van der Waals surface area contributed by atoms with Crippen molar-refractivity contribution >= 4 is 11.1 Å². The van der Waals surface area contributed by atoms with Gasteiger partial charge in [0.2, 0.25) is 0 Å². The van der Waals surface area contributed by atoms with Gasteiger partial charge in [-0.1, -0.05) is 12.7 Å². The molecule has 0 amide bonds. The van der Waals surface area contributed by atoms with Crippen molar-refractivity contribution in [1.29, 1.82) is 0 Å². The predicted octanol–water partition coefficient (Wildman–Crippen LogP) is 6.15. The highest BCUT2D eigenvalue weighted by Crippen LogP contribution is 2.31. The summed E-state index contributed by atoms with van der Waals surface area (Å²) in [6, 6.07) is 8.55. The minimum Gasteiger partial charge on any atom is -0.386 e. The zero-order valence-electron chi connectivity index (χ0n) is 19.9. The highest BCUT2D eigenvalue weighted by Gasteiger charge is 2.13. The second kappa shape index (κ2) is 11.3. The molecule has 0 aliphatic heterocycles. The molecule has 5 nitrogen and oxygen atoms in total. The maximum atomic E-state index is 11.1. The number of hydrogen-bond acceptors (Lipinski definition) is 4. The Bertz CT molecular complexity index is 1310. The third-order valence-corrected chi connectivity index (χ3v) is 5.46. The minimum atomic E-state index is -2.28. The van der Waals surface area contributed by atoms with Crippen LogP contribution in [0.5, 0.6) is 0 Å². The summed E-state index contributed by atoms with van der Waals surface area (Å²) in [5.74, 6) is 0. The van der Waals surface area contributed by atoms with E-state index in [1.165, 1.54) is 28.5 Å². The van der Waals surface area contributed by atoms with Crippen molar-refractivity contribution in [3.05, 3.63) is 102 Å². The van der Waals surface area contributed by atoms with Crippen molar-refractivity contribution < 1.29 is 8.78 Å². The number of rotatable bonds is 6. The van der Waals surface area contributed by atoms with Gasteiger partial charge in [-0.15, -0.1) is 0 Å². The maximum absolute atomic E-state index is 11.1. The van der Waals surface area contributed by atoms with E-state index >= 15 is 0 Å². The molecule has 4 heterocycles. The molecule has 7 heteroatoms. The second-order valence-corrected chi connectivity index (χ2v) is 7.83. The van der Waals surface area contributed by atoms with E-state index in [-0.39, 0.29) is 6.54 Å². The zero-order chi connectivity index (χ0) is 24.7. The summed E-state index contributed by atoms with van der Waals surface area (Å²) >= 11 is 0. The standard InChI is InChI=1S/C23H22N4.C4H7F2N/c1-5-20(18-7-9-27-23(11-18)16(3)12-26-27)21-10-19(13-25-17(21)4)22-14-24-8-6-15(22)2;1-2-7-3-4(5)6/h5-14H,1-4H3;2,4,7H,1,3H2/b20-5-;. The van der Waals surface area contributed by atoms with Gasteiger partial charge in [0.15, 0.2) is 0 Å². The lowest BCUT2D eigenvalue weighted by atomic mass is 9.94. The number of nitrogens with zero attached hydrogens (tertiary/aromatic N) is 4. The molecular weight excluding hydrogens is 432 g/mol. The first-order chi connectivity index (χ1) is 16.3. The van der Waals surface area contributed by atoms with Crippen LogP contribution in [0.1, 0.15) is 34.9 Å². The smallest absolute Gasteiger partial charge is 0.255 e. The molecule has 4 rings (SSSR count). The van der Waals surface area contributed by atoms with Gasteiger partial charge in [0, 0.05) is 47.2 Å². The van der Waals surface area contributed by atoms with Crippen LogP contribution in [-0.4, -0.2) is 32.6 Å². The van der Waals surface area contributed by atoms with Crippen LogP contribution >= 0.6 is 0 Å². The number of halogens is 2. The Morgan fingerprint density at radius 3 is 2.56 bits per heavy atom. The second-order valence-electron chi connectivity index (χ2n) is 7.83. The third kappa shape index (κ3) is 5.73.